The molecule has 1 heterocycles. The Labute approximate surface area is 203 Å². The minimum Gasteiger partial charge on any atom is -0.494 e. The van der Waals surface area contributed by atoms with E-state index in [0.29, 0.717) is 39.2 Å². The summed E-state index contributed by atoms with van der Waals surface area (Å²) in [6.07, 6.45) is 0. The number of amides is 1. The van der Waals surface area contributed by atoms with Gasteiger partial charge >= 0.3 is 0 Å². The molecule has 0 aliphatic heterocycles. The van der Waals surface area contributed by atoms with Gasteiger partial charge in [0, 0.05) is 13.1 Å². The van der Waals surface area contributed by atoms with Crippen molar-refractivity contribution in [2.75, 3.05) is 43.9 Å². The Hall–Kier alpha value is -2.20. The molecule has 0 bridgehead atoms. The number of rotatable bonds is 10. The van der Waals surface area contributed by atoms with E-state index in [-0.39, 0.29) is 4.90 Å². The van der Waals surface area contributed by atoms with E-state index in [2.05, 4.69) is 9.88 Å². The summed E-state index contributed by atoms with van der Waals surface area (Å²) in [5.74, 6) is -0.632. The highest BCUT2D eigenvalue weighted by molar-refractivity contribution is 7.92. The lowest BCUT2D eigenvalue weighted by molar-refractivity contribution is -0.116. The van der Waals surface area contributed by atoms with Crippen LogP contribution >= 0.6 is 22.9 Å². The molecule has 0 spiro atoms. The zero-order valence-corrected chi connectivity index (χ0v) is 21.6. The molecule has 0 saturated carbocycles. The van der Waals surface area contributed by atoms with Crippen LogP contribution in [0.3, 0.4) is 0 Å². The number of nitrogens with zero attached hydrogens (tertiary/aromatic N) is 3. The lowest BCUT2D eigenvalue weighted by atomic mass is 10.2. The van der Waals surface area contributed by atoms with Crippen LogP contribution in [0, 0.1) is 6.92 Å². The molecule has 0 aliphatic carbocycles. The van der Waals surface area contributed by atoms with E-state index in [9.17, 15) is 13.2 Å². The zero-order chi connectivity index (χ0) is 24.2. The number of benzene rings is 2. The van der Waals surface area contributed by atoms with Crippen LogP contribution in [0.15, 0.2) is 41.3 Å². The van der Waals surface area contributed by atoms with Gasteiger partial charge in [-0.05, 0) is 44.3 Å². The summed E-state index contributed by atoms with van der Waals surface area (Å²) < 4.78 is 32.0. The van der Waals surface area contributed by atoms with Crippen LogP contribution in [0.1, 0.15) is 19.4 Å². The van der Waals surface area contributed by atoms with Crippen LogP contribution in [0.25, 0.3) is 10.2 Å². The van der Waals surface area contributed by atoms with Crippen molar-refractivity contribution >= 4 is 54.0 Å². The van der Waals surface area contributed by atoms with Crippen LogP contribution in [0.4, 0.5) is 5.13 Å². The predicted molar refractivity (Wildman–Crippen MR) is 135 cm³/mol. The molecule has 33 heavy (non-hydrogen) atoms. The summed E-state index contributed by atoms with van der Waals surface area (Å²) in [5, 5.41) is 0.894. The molecule has 1 aromatic heterocycles. The van der Waals surface area contributed by atoms with Gasteiger partial charge in [-0.2, -0.15) is 0 Å². The van der Waals surface area contributed by atoms with E-state index < -0.39 is 21.5 Å². The van der Waals surface area contributed by atoms with Gasteiger partial charge in [0.15, 0.2) is 15.0 Å². The predicted octanol–water partition coefficient (Wildman–Crippen LogP) is 4.42. The van der Waals surface area contributed by atoms with Crippen LogP contribution in [0.2, 0.25) is 5.02 Å². The second kappa shape index (κ2) is 10.8. The minimum atomic E-state index is -3.81. The van der Waals surface area contributed by atoms with Gasteiger partial charge in [-0.15, -0.1) is 0 Å². The molecule has 0 radical (unpaired) electrons. The highest BCUT2D eigenvalue weighted by atomic mass is 35.5. The average Bonchev–Trinajstić information content (AvgIpc) is 3.23. The summed E-state index contributed by atoms with van der Waals surface area (Å²) in [7, 11) is -2.27. The van der Waals surface area contributed by atoms with E-state index in [1.807, 2.05) is 20.8 Å². The van der Waals surface area contributed by atoms with Crippen LogP contribution in [-0.2, 0) is 14.6 Å². The molecular formula is C23H28ClN3O4S2. The second-order valence-corrected chi connectivity index (χ2v) is 10.9. The standard InChI is InChI=1S/C23H28ClN3O4S2/c1-5-26(6-2)13-14-27(20(28)15-33(29,30)17-9-7-16(3)8-10-17)23-25-21-19(31-4)12-11-18(24)22(21)32-23/h7-12H,5-6,13-15H2,1-4H3. The topological polar surface area (TPSA) is 79.8 Å². The molecule has 7 nitrogen and oxygen atoms in total. The van der Waals surface area contributed by atoms with Gasteiger partial charge in [-0.1, -0.05) is 54.5 Å². The molecule has 1 amide bonds. The monoisotopic (exact) mass is 509 g/mol. The number of anilines is 1. The fraction of sp³-hybridized carbons (Fsp3) is 0.391. The molecule has 0 unspecified atom stereocenters. The molecule has 0 N–H and O–H groups in total. The number of fused-ring (bicyclic) bond motifs is 1. The first kappa shape index (κ1) is 25.4. The fourth-order valence-corrected chi connectivity index (χ4v) is 5.90. The minimum absolute atomic E-state index is 0.124. The maximum Gasteiger partial charge on any atom is 0.244 e. The number of halogens is 1. The fourth-order valence-electron chi connectivity index (χ4n) is 3.40. The van der Waals surface area contributed by atoms with Gasteiger partial charge in [0.1, 0.15) is 17.0 Å². The van der Waals surface area contributed by atoms with E-state index in [1.54, 1.807) is 31.4 Å². The third-order valence-corrected chi connectivity index (χ3v) is 8.58. The Bertz CT molecular complexity index is 1220. The Kier molecular flexibility index (Phi) is 8.33. The highest BCUT2D eigenvalue weighted by Gasteiger charge is 2.27. The summed E-state index contributed by atoms with van der Waals surface area (Å²) in [5.41, 5.74) is 1.49. The first-order valence-corrected chi connectivity index (χ1v) is 13.5. The van der Waals surface area contributed by atoms with Gasteiger partial charge in [0.25, 0.3) is 0 Å². The van der Waals surface area contributed by atoms with Crippen molar-refractivity contribution in [1.29, 1.82) is 0 Å². The van der Waals surface area contributed by atoms with Crippen molar-refractivity contribution in [3.8, 4) is 5.75 Å². The van der Waals surface area contributed by atoms with Gasteiger partial charge in [-0.25, -0.2) is 13.4 Å². The van der Waals surface area contributed by atoms with Crippen molar-refractivity contribution in [3.05, 3.63) is 47.0 Å². The summed E-state index contributed by atoms with van der Waals surface area (Å²) in [4.78, 5) is 21.7. The van der Waals surface area contributed by atoms with Crippen molar-refractivity contribution < 1.29 is 17.9 Å². The number of hydrogen-bond donors (Lipinski definition) is 0. The summed E-state index contributed by atoms with van der Waals surface area (Å²) in [6, 6.07) is 9.93. The first-order valence-electron chi connectivity index (χ1n) is 10.6. The SMILES string of the molecule is CCN(CC)CCN(C(=O)CS(=O)(=O)c1ccc(C)cc1)c1nc2c(OC)ccc(Cl)c2s1. The lowest BCUT2D eigenvalue weighted by Gasteiger charge is -2.24. The third-order valence-electron chi connectivity index (χ3n) is 5.43. The van der Waals surface area contributed by atoms with Crippen molar-refractivity contribution in [3.63, 3.8) is 0 Å². The highest BCUT2D eigenvalue weighted by Crippen LogP contribution is 2.38. The Balaban J connectivity index is 1.97. The summed E-state index contributed by atoms with van der Waals surface area (Å²) >= 11 is 7.61. The van der Waals surface area contributed by atoms with E-state index in [1.165, 1.54) is 28.4 Å². The number of methoxy groups -OCH3 is 1. The summed E-state index contributed by atoms with van der Waals surface area (Å²) in [6.45, 7) is 8.50. The maximum atomic E-state index is 13.3. The number of likely N-dealkylation sites (N-methyl/N-ethyl adjacent to an activating group) is 1. The molecule has 3 aromatic rings. The van der Waals surface area contributed by atoms with Crippen LogP contribution in [0.5, 0.6) is 5.75 Å². The lowest BCUT2D eigenvalue weighted by Crippen LogP contribution is -2.41. The quantitative estimate of drug-likeness (QED) is 0.402. The molecule has 3 rings (SSSR count). The Morgan fingerprint density at radius 2 is 1.76 bits per heavy atom. The van der Waals surface area contributed by atoms with Gasteiger partial charge in [0.05, 0.1) is 21.7 Å². The van der Waals surface area contributed by atoms with Gasteiger partial charge in [-0.3, -0.25) is 9.69 Å². The first-order chi connectivity index (χ1) is 15.7. The Morgan fingerprint density at radius 1 is 1.09 bits per heavy atom. The second-order valence-electron chi connectivity index (χ2n) is 7.57. The van der Waals surface area contributed by atoms with Crippen LogP contribution < -0.4 is 9.64 Å². The molecule has 2 aromatic carbocycles. The number of aryl methyl sites for hydroxylation is 1. The molecular weight excluding hydrogens is 482 g/mol. The average molecular weight is 510 g/mol. The van der Waals surface area contributed by atoms with Gasteiger partial charge < -0.3 is 9.64 Å². The number of ether oxygens (including phenoxy) is 1. The van der Waals surface area contributed by atoms with E-state index in [4.69, 9.17) is 16.3 Å². The number of hydrogen-bond acceptors (Lipinski definition) is 7. The Morgan fingerprint density at radius 3 is 2.36 bits per heavy atom. The smallest absolute Gasteiger partial charge is 0.244 e. The largest absolute Gasteiger partial charge is 0.494 e. The zero-order valence-electron chi connectivity index (χ0n) is 19.2. The number of sulfone groups is 1. The van der Waals surface area contributed by atoms with Crippen molar-refractivity contribution in [2.24, 2.45) is 0 Å². The van der Waals surface area contributed by atoms with Crippen molar-refractivity contribution in [1.82, 2.24) is 9.88 Å². The van der Waals surface area contributed by atoms with Crippen LogP contribution in [-0.4, -0.2) is 63.3 Å². The normalized spacial score (nSPS) is 11.8. The number of aromatic nitrogens is 1. The molecule has 0 atom stereocenters. The maximum absolute atomic E-state index is 13.3. The van der Waals surface area contributed by atoms with E-state index >= 15 is 0 Å². The molecule has 178 valence electrons. The molecule has 0 aliphatic rings. The van der Waals surface area contributed by atoms with Gasteiger partial charge in [0.2, 0.25) is 5.91 Å². The molecule has 0 saturated heterocycles. The van der Waals surface area contributed by atoms with Crippen molar-refractivity contribution in [2.45, 2.75) is 25.7 Å². The number of thiazole rings is 1. The van der Waals surface area contributed by atoms with E-state index in [0.717, 1.165) is 18.7 Å². The molecule has 10 heteroatoms. The molecule has 0 fully saturated rings. The number of carbonyl (C=O) groups excluding carboxylic acids is 1. The third kappa shape index (κ3) is 5.84. The number of carbonyl (C=O) groups is 1.